The molecule has 188 valence electrons. The van der Waals surface area contributed by atoms with Crippen molar-refractivity contribution in [3.63, 3.8) is 0 Å². The number of rotatable bonds is 1. The van der Waals surface area contributed by atoms with Gasteiger partial charge in [-0.15, -0.1) is 0 Å². The minimum atomic E-state index is -3.25. The Bertz CT molecular complexity index is 846. The SMILES string of the molecule is CC(C)(C)OC(=O)N1C2CCCC1CC2.CS(=O)(=O)c1cncc(O)c1.OC1CCCCC1. The van der Waals surface area contributed by atoms with Crippen LogP contribution in [0, 0.1) is 0 Å². The highest BCUT2D eigenvalue weighted by Crippen LogP contribution is 2.36. The van der Waals surface area contributed by atoms with E-state index in [0.29, 0.717) is 12.1 Å². The molecule has 8 nitrogen and oxygen atoms in total. The van der Waals surface area contributed by atoms with Crippen molar-refractivity contribution in [3.05, 3.63) is 18.5 Å². The van der Waals surface area contributed by atoms with E-state index in [2.05, 4.69) is 4.98 Å². The summed E-state index contributed by atoms with van der Waals surface area (Å²) in [6.45, 7) is 5.78. The summed E-state index contributed by atoms with van der Waals surface area (Å²) in [6, 6.07) is 2.07. The first-order chi connectivity index (χ1) is 15.4. The first-order valence-electron chi connectivity index (χ1n) is 11.9. The van der Waals surface area contributed by atoms with Crippen LogP contribution < -0.4 is 0 Å². The zero-order valence-corrected chi connectivity index (χ0v) is 21.2. The lowest BCUT2D eigenvalue weighted by atomic mass is 9.98. The van der Waals surface area contributed by atoms with Gasteiger partial charge in [0.25, 0.3) is 0 Å². The lowest BCUT2D eigenvalue weighted by molar-refractivity contribution is 0.00782. The topological polar surface area (TPSA) is 117 Å². The number of carbonyl (C=O) groups is 1. The molecule has 2 aliphatic heterocycles. The first kappa shape index (κ1) is 27.4. The van der Waals surface area contributed by atoms with Gasteiger partial charge in [-0.05, 0) is 65.7 Å². The van der Waals surface area contributed by atoms with Crippen LogP contribution in [0.3, 0.4) is 0 Å². The molecule has 33 heavy (non-hydrogen) atoms. The number of amides is 1. The Hall–Kier alpha value is -1.87. The lowest BCUT2D eigenvalue weighted by Gasteiger charge is -2.35. The van der Waals surface area contributed by atoms with E-state index in [1.54, 1.807) is 0 Å². The molecule has 4 rings (SSSR count). The van der Waals surface area contributed by atoms with Crippen molar-refractivity contribution in [2.45, 2.75) is 114 Å². The minimum absolute atomic E-state index is 0.0255. The van der Waals surface area contributed by atoms with Crippen molar-refractivity contribution in [2.75, 3.05) is 6.26 Å². The molecule has 2 bridgehead atoms. The number of piperidine rings is 1. The van der Waals surface area contributed by atoms with Gasteiger partial charge in [-0.3, -0.25) is 4.98 Å². The number of hydrogen-bond acceptors (Lipinski definition) is 7. The average Bonchev–Trinajstić information content (AvgIpc) is 2.97. The van der Waals surface area contributed by atoms with Gasteiger partial charge in [-0.1, -0.05) is 19.3 Å². The maximum Gasteiger partial charge on any atom is 0.410 e. The molecule has 2 saturated heterocycles. The fraction of sp³-hybridized carbons (Fsp3) is 0.750. The van der Waals surface area contributed by atoms with E-state index in [1.165, 1.54) is 50.9 Å². The smallest absolute Gasteiger partial charge is 0.410 e. The van der Waals surface area contributed by atoms with Crippen LogP contribution in [0.25, 0.3) is 0 Å². The normalized spacial score (nSPS) is 23.0. The number of aliphatic hydroxyl groups excluding tert-OH is 1. The quantitative estimate of drug-likeness (QED) is 0.605. The highest BCUT2D eigenvalue weighted by Gasteiger charge is 2.41. The highest BCUT2D eigenvalue weighted by molar-refractivity contribution is 7.90. The van der Waals surface area contributed by atoms with Crippen molar-refractivity contribution < 1.29 is 28.2 Å². The molecular formula is C24H40N2O6S. The molecule has 1 aliphatic carbocycles. The summed E-state index contributed by atoms with van der Waals surface area (Å²) in [6.07, 6.45) is 15.2. The van der Waals surface area contributed by atoms with Crippen LogP contribution in [0.2, 0.25) is 0 Å². The van der Waals surface area contributed by atoms with Gasteiger partial charge in [0.1, 0.15) is 11.4 Å². The van der Waals surface area contributed by atoms with Crippen molar-refractivity contribution in [3.8, 4) is 5.75 Å². The van der Waals surface area contributed by atoms with E-state index in [0.717, 1.165) is 38.0 Å². The Kier molecular flexibility index (Phi) is 9.97. The molecule has 2 unspecified atom stereocenters. The molecule has 9 heteroatoms. The number of sulfone groups is 1. The molecule has 1 aromatic rings. The highest BCUT2D eigenvalue weighted by atomic mass is 32.2. The van der Waals surface area contributed by atoms with Gasteiger partial charge in [0.05, 0.1) is 17.2 Å². The van der Waals surface area contributed by atoms with Gasteiger partial charge in [0.2, 0.25) is 0 Å². The number of nitrogens with zero attached hydrogens (tertiary/aromatic N) is 2. The van der Waals surface area contributed by atoms with Gasteiger partial charge < -0.3 is 19.8 Å². The summed E-state index contributed by atoms with van der Waals surface area (Å²) < 4.78 is 27.1. The number of aromatic hydroxyl groups is 1. The van der Waals surface area contributed by atoms with Crippen LogP contribution >= 0.6 is 0 Å². The monoisotopic (exact) mass is 484 g/mol. The number of ether oxygens (including phenoxy) is 1. The van der Waals surface area contributed by atoms with Crippen molar-refractivity contribution >= 4 is 15.9 Å². The molecule has 1 saturated carbocycles. The van der Waals surface area contributed by atoms with Crippen LogP contribution in [0.4, 0.5) is 4.79 Å². The maximum atomic E-state index is 12.0. The van der Waals surface area contributed by atoms with Crippen LogP contribution in [-0.2, 0) is 14.6 Å². The number of fused-ring (bicyclic) bond motifs is 2. The third-order valence-corrected chi connectivity index (χ3v) is 7.08. The number of aliphatic hydroxyl groups is 1. The van der Waals surface area contributed by atoms with Gasteiger partial charge >= 0.3 is 6.09 Å². The molecule has 0 radical (unpaired) electrons. The predicted octanol–water partition coefficient (Wildman–Crippen LogP) is 4.44. The summed E-state index contributed by atoms with van der Waals surface area (Å²) >= 11 is 0. The van der Waals surface area contributed by atoms with E-state index in [1.807, 2.05) is 25.7 Å². The molecular weight excluding hydrogens is 444 g/mol. The summed E-state index contributed by atoms with van der Waals surface area (Å²) in [5, 5.41) is 17.8. The van der Waals surface area contributed by atoms with E-state index in [4.69, 9.17) is 14.9 Å². The predicted molar refractivity (Wildman–Crippen MR) is 127 cm³/mol. The second-order valence-corrected chi connectivity index (χ2v) is 12.2. The average molecular weight is 485 g/mol. The first-order valence-corrected chi connectivity index (χ1v) is 13.8. The zero-order valence-electron chi connectivity index (χ0n) is 20.4. The van der Waals surface area contributed by atoms with Gasteiger partial charge in [-0.25, -0.2) is 13.2 Å². The van der Waals surface area contributed by atoms with E-state index in [-0.39, 0.29) is 28.4 Å². The van der Waals surface area contributed by atoms with Crippen LogP contribution in [0.5, 0.6) is 5.75 Å². The molecule has 3 aliphatic rings. The second kappa shape index (κ2) is 12.0. The van der Waals surface area contributed by atoms with Crippen molar-refractivity contribution in [1.29, 1.82) is 0 Å². The number of pyridine rings is 1. The molecule has 0 spiro atoms. The molecule has 1 amide bonds. The molecule has 2 N–H and O–H groups in total. The molecule has 3 heterocycles. The Morgan fingerprint density at radius 2 is 1.58 bits per heavy atom. The Morgan fingerprint density at radius 1 is 1.00 bits per heavy atom. The summed E-state index contributed by atoms with van der Waals surface area (Å²) in [7, 11) is -3.25. The molecule has 2 atom stereocenters. The summed E-state index contributed by atoms with van der Waals surface area (Å²) in [5.41, 5.74) is -0.367. The van der Waals surface area contributed by atoms with Crippen molar-refractivity contribution in [1.82, 2.24) is 9.88 Å². The second-order valence-electron chi connectivity index (χ2n) is 10.1. The van der Waals surface area contributed by atoms with Gasteiger partial charge in [0.15, 0.2) is 9.84 Å². The zero-order chi connectivity index (χ0) is 24.6. The molecule has 1 aromatic heterocycles. The van der Waals surface area contributed by atoms with E-state index in [9.17, 15) is 13.2 Å². The number of hydrogen-bond donors (Lipinski definition) is 2. The van der Waals surface area contributed by atoms with Crippen molar-refractivity contribution in [2.24, 2.45) is 0 Å². The fourth-order valence-corrected chi connectivity index (χ4v) is 5.01. The standard InChI is InChI=1S/C12H21NO2.C6H7NO3S.C6H12O/c1-12(2,3)15-11(14)13-9-5-4-6-10(13)8-7-9;1-11(9,10)6-2-5(8)3-7-4-6;7-6-4-2-1-3-5-6/h9-10H,4-8H2,1-3H3;2-4,8H,1H3;6-7H,1-5H2. The van der Waals surface area contributed by atoms with Crippen LogP contribution in [-0.4, -0.2) is 64.7 Å². The Labute approximate surface area is 198 Å². The third kappa shape index (κ3) is 9.49. The molecule has 0 aromatic carbocycles. The van der Waals surface area contributed by atoms with Gasteiger partial charge in [-0.2, -0.15) is 0 Å². The summed E-state index contributed by atoms with van der Waals surface area (Å²) in [5.74, 6) is -0.145. The van der Waals surface area contributed by atoms with E-state index >= 15 is 0 Å². The summed E-state index contributed by atoms with van der Waals surface area (Å²) in [4.78, 5) is 17.5. The van der Waals surface area contributed by atoms with Crippen LogP contribution in [0.15, 0.2) is 23.4 Å². The third-order valence-electron chi connectivity index (χ3n) is 6.00. The van der Waals surface area contributed by atoms with Crippen LogP contribution in [0.1, 0.15) is 85.0 Å². The maximum absolute atomic E-state index is 12.0. The van der Waals surface area contributed by atoms with Gasteiger partial charge in [0, 0.05) is 30.6 Å². The number of carbonyl (C=O) groups excluding carboxylic acids is 1. The number of aromatic nitrogens is 1. The lowest BCUT2D eigenvalue weighted by Crippen LogP contribution is -2.46. The Balaban J connectivity index is 0.000000188. The fourth-order valence-electron chi connectivity index (χ4n) is 4.42. The largest absolute Gasteiger partial charge is 0.506 e. The minimum Gasteiger partial charge on any atom is -0.506 e. The molecule has 3 fully saturated rings. The Morgan fingerprint density at radius 3 is 1.97 bits per heavy atom. The van der Waals surface area contributed by atoms with E-state index < -0.39 is 9.84 Å².